The molecular formula is C29H36O7. The van der Waals surface area contributed by atoms with Gasteiger partial charge in [0.2, 0.25) is 0 Å². The van der Waals surface area contributed by atoms with Gasteiger partial charge in [0, 0.05) is 17.5 Å². The Bertz CT molecular complexity index is 1100. The fraction of sp³-hybridized carbons (Fsp3) is 0.517. The standard InChI is InChI=1S/C29H36O7/c1-4-6-22-24(12-9-20-10-13-26(29(32)33-3)36-28(20)22)34-15-5-16-35-25-14-11-21(18(2)30)27(31)23(25)17-19-7-8-19/h9,11-12,14,19,26,31H,4-8,10,13,15-17H2,1-3H3. The highest BCUT2D eigenvalue weighted by atomic mass is 16.6. The maximum Gasteiger partial charge on any atom is 0.347 e. The van der Waals surface area contributed by atoms with E-state index in [4.69, 9.17) is 18.9 Å². The molecule has 1 saturated carbocycles. The molecule has 7 nitrogen and oxygen atoms in total. The number of carbonyl (C=O) groups excluding carboxylic acids is 2. The summed E-state index contributed by atoms with van der Waals surface area (Å²) in [5, 5.41) is 10.6. The van der Waals surface area contributed by atoms with Gasteiger partial charge in [-0.1, -0.05) is 19.4 Å². The predicted molar refractivity (Wildman–Crippen MR) is 135 cm³/mol. The minimum absolute atomic E-state index is 0.0478. The van der Waals surface area contributed by atoms with Gasteiger partial charge < -0.3 is 24.1 Å². The van der Waals surface area contributed by atoms with Crippen LogP contribution in [0.3, 0.4) is 0 Å². The fourth-order valence-corrected chi connectivity index (χ4v) is 4.68. The summed E-state index contributed by atoms with van der Waals surface area (Å²) in [5.41, 5.74) is 3.14. The first-order valence-electron chi connectivity index (χ1n) is 12.9. The minimum atomic E-state index is -0.586. The van der Waals surface area contributed by atoms with Crippen molar-refractivity contribution in [2.45, 2.75) is 71.3 Å². The lowest BCUT2D eigenvalue weighted by molar-refractivity contribution is -0.149. The lowest BCUT2D eigenvalue weighted by Crippen LogP contribution is -2.32. The molecule has 1 heterocycles. The molecule has 0 saturated heterocycles. The van der Waals surface area contributed by atoms with Crippen molar-refractivity contribution in [2.24, 2.45) is 5.92 Å². The van der Waals surface area contributed by atoms with Gasteiger partial charge in [0.05, 0.1) is 25.9 Å². The minimum Gasteiger partial charge on any atom is -0.507 e. The van der Waals surface area contributed by atoms with Crippen LogP contribution in [0.4, 0.5) is 0 Å². The number of aromatic hydroxyl groups is 1. The van der Waals surface area contributed by atoms with E-state index in [9.17, 15) is 14.7 Å². The largest absolute Gasteiger partial charge is 0.507 e. The maximum atomic E-state index is 12.0. The molecule has 1 aliphatic carbocycles. The summed E-state index contributed by atoms with van der Waals surface area (Å²) in [6.45, 7) is 4.43. The van der Waals surface area contributed by atoms with Crippen molar-refractivity contribution in [1.82, 2.24) is 0 Å². The molecule has 1 unspecified atom stereocenters. The molecule has 0 radical (unpaired) electrons. The fourth-order valence-electron chi connectivity index (χ4n) is 4.68. The zero-order chi connectivity index (χ0) is 25.7. The molecule has 2 aromatic carbocycles. The number of ketones is 1. The average molecular weight is 497 g/mol. The molecule has 0 aromatic heterocycles. The number of esters is 1. The highest BCUT2D eigenvalue weighted by Gasteiger charge is 2.30. The predicted octanol–water partition coefficient (Wildman–Crippen LogP) is 5.21. The first-order valence-corrected chi connectivity index (χ1v) is 12.9. The summed E-state index contributed by atoms with van der Waals surface area (Å²) < 4.78 is 23.1. The van der Waals surface area contributed by atoms with Gasteiger partial charge in [0.1, 0.15) is 23.0 Å². The maximum absolute atomic E-state index is 12.0. The van der Waals surface area contributed by atoms with Crippen LogP contribution in [0, 0.1) is 5.92 Å². The molecule has 194 valence electrons. The third-order valence-corrected chi connectivity index (χ3v) is 6.81. The lowest BCUT2D eigenvalue weighted by atomic mass is 9.96. The number of rotatable bonds is 12. The number of aryl methyl sites for hydroxylation is 1. The molecule has 1 N–H and O–H groups in total. The normalized spacial score (nSPS) is 16.6. The number of phenolic OH excluding ortho intramolecular Hbond substituents is 1. The summed E-state index contributed by atoms with van der Waals surface area (Å²) >= 11 is 0. The Morgan fingerprint density at radius 2 is 1.72 bits per heavy atom. The molecule has 36 heavy (non-hydrogen) atoms. The lowest BCUT2D eigenvalue weighted by Gasteiger charge is -2.27. The molecule has 0 bridgehead atoms. The van der Waals surface area contributed by atoms with Crippen LogP contribution in [0.1, 0.15) is 73.0 Å². The third kappa shape index (κ3) is 5.94. The monoisotopic (exact) mass is 496 g/mol. The molecule has 2 aliphatic rings. The number of Topliss-reactive ketones (excluding diaryl/α,β-unsaturated/α-hetero) is 1. The SMILES string of the molecule is CCCc1c(OCCCOc2ccc(C(C)=O)c(O)c2CC2CC2)ccc2c1OC(C(=O)OC)CC2. The van der Waals surface area contributed by atoms with Gasteiger partial charge >= 0.3 is 5.97 Å². The van der Waals surface area contributed by atoms with E-state index in [1.807, 2.05) is 12.1 Å². The van der Waals surface area contributed by atoms with Crippen molar-refractivity contribution < 1.29 is 33.6 Å². The van der Waals surface area contributed by atoms with E-state index in [-0.39, 0.29) is 17.5 Å². The van der Waals surface area contributed by atoms with Crippen LogP contribution >= 0.6 is 0 Å². The van der Waals surface area contributed by atoms with E-state index in [0.29, 0.717) is 43.3 Å². The van der Waals surface area contributed by atoms with Crippen LogP contribution in [0.5, 0.6) is 23.0 Å². The highest BCUT2D eigenvalue weighted by molar-refractivity contribution is 5.97. The topological polar surface area (TPSA) is 91.3 Å². The highest BCUT2D eigenvalue weighted by Crippen LogP contribution is 2.41. The average Bonchev–Trinajstić information content (AvgIpc) is 3.70. The van der Waals surface area contributed by atoms with Crippen LogP contribution in [0.25, 0.3) is 0 Å². The van der Waals surface area contributed by atoms with E-state index < -0.39 is 6.10 Å². The number of hydrogen-bond donors (Lipinski definition) is 1. The van der Waals surface area contributed by atoms with E-state index in [0.717, 1.165) is 66.7 Å². The summed E-state index contributed by atoms with van der Waals surface area (Å²) in [6, 6.07) is 7.41. The number of phenols is 1. The number of methoxy groups -OCH3 is 1. The third-order valence-electron chi connectivity index (χ3n) is 6.81. The number of benzene rings is 2. The number of hydrogen-bond acceptors (Lipinski definition) is 7. The Hall–Kier alpha value is -3.22. The first kappa shape index (κ1) is 25.9. The quantitative estimate of drug-likeness (QED) is 0.245. The zero-order valence-electron chi connectivity index (χ0n) is 21.4. The first-order chi connectivity index (χ1) is 17.4. The summed E-state index contributed by atoms with van der Waals surface area (Å²) in [7, 11) is 1.38. The second kappa shape index (κ2) is 11.7. The van der Waals surface area contributed by atoms with Gasteiger partial charge in [-0.2, -0.15) is 0 Å². The zero-order valence-corrected chi connectivity index (χ0v) is 21.4. The van der Waals surface area contributed by atoms with Crippen molar-refractivity contribution in [2.75, 3.05) is 20.3 Å². The summed E-state index contributed by atoms with van der Waals surface area (Å²) in [5.74, 6) is 2.23. The van der Waals surface area contributed by atoms with E-state index in [1.165, 1.54) is 14.0 Å². The van der Waals surface area contributed by atoms with Gasteiger partial charge in [-0.3, -0.25) is 4.79 Å². The Morgan fingerprint density at radius 3 is 2.36 bits per heavy atom. The van der Waals surface area contributed by atoms with Crippen molar-refractivity contribution >= 4 is 11.8 Å². The molecule has 4 rings (SSSR count). The Kier molecular flexibility index (Phi) is 8.39. The van der Waals surface area contributed by atoms with E-state index in [2.05, 4.69) is 6.92 Å². The van der Waals surface area contributed by atoms with Crippen molar-refractivity contribution in [3.63, 3.8) is 0 Å². The van der Waals surface area contributed by atoms with Crippen LogP contribution in [-0.4, -0.2) is 43.3 Å². The van der Waals surface area contributed by atoms with Crippen LogP contribution in [-0.2, 0) is 28.8 Å². The van der Waals surface area contributed by atoms with Crippen molar-refractivity contribution in [1.29, 1.82) is 0 Å². The summed E-state index contributed by atoms with van der Waals surface area (Å²) in [6.07, 6.45) is 6.14. The van der Waals surface area contributed by atoms with E-state index >= 15 is 0 Å². The second-order valence-electron chi connectivity index (χ2n) is 9.64. The van der Waals surface area contributed by atoms with E-state index in [1.54, 1.807) is 12.1 Å². The van der Waals surface area contributed by atoms with Crippen LogP contribution in [0.15, 0.2) is 24.3 Å². The smallest absolute Gasteiger partial charge is 0.347 e. The molecular weight excluding hydrogens is 460 g/mol. The number of fused-ring (bicyclic) bond motifs is 1. The Morgan fingerprint density at radius 1 is 1.03 bits per heavy atom. The molecule has 1 aliphatic heterocycles. The number of carbonyl (C=O) groups is 2. The van der Waals surface area contributed by atoms with Gasteiger partial charge in [-0.15, -0.1) is 0 Å². The van der Waals surface area contributed by atoms with Crippen LogP contribution < -0.4 is 14.2 Å². The van der Waals surface area contributed by atoms with Crippen molar-refractivity contribution in [3.05, 3.63) is 46.5 Å². The molecule has 0 spiro atoms. The second-order valence-corrected chi connectivity index (χ2v) is 9.64. The van der Waals surface area contributed by atoms with Gasteiger partial charge in [-0.25, -0.2) is 4.79 Å². The van der Waals surface area contributed by atoms with Gasteiger partial charge in [-0.05, 0) is 75.1 Å². The Labute approximate surface area is 212 Å². The van der Waals surface area contributed by atoms with Crippen molar-refractivity contribution in [3.8, 4) is 23.0 Å². The van der Waals surface area contributed by atoms with Gasteiger partial charge in [0.25, 0.3) is 0 Å². The molecule has 1 atom stereocenters. The molecule has 7 heteroatoms. The molecule has 2 aromatic rings. The van der Waals surface area contributed by atoms with Gasteiger partial charge in [0.15, 0.2) is 11.9 Å². The number of ether oxygens (including phenoxy) is 4. The molecule has 1 fully saturated rings. The molecule has 0 amide bonds. The summed E-state index contributed by atoms with van der Waals surface area (Å²) in [4.78, 5) is 23.9. The Balaban J connectivity index is 1.38. The van der Waals surface area contributed by atoms with Crippen LogP contribution in [0.2, 0.25) is 0 Å².